The molecule has 0 aliphatic carbocycles. The first-order valence-electron chi connectivity index (χ1n) is 10.6. The van der Waals surface area contributed by atoms with Crippen LogP contribution in [0.25, 0.3) is 16.8 Å². The highest BCUT2D eigenvalue weighted by Gasteiger charge is 2.25. The summed E-state index contributed by atoms with van der Waals surface area (Å²) in [4.78, 5) is 4.43. The summed E-state index contributed by atoms with van der Waals surface area (Å²) >= 11 is 6.03. The van der Waals surface area contributed by atoms with Gasteiger partial charge < -0.3 is 10.1 Å². The highest BCUT2D eigenvalue weighted by atomic mass is 35.5. The van der Waals surface area contributed by atoms with Gasteiger partial charge in [-0.15, -0.1) is 10.2 Å². The zero-order chi connectivity index (χ0) is 22.4. The Morgan fingerprint density at radius 3 is 2.88 bits per heavy atom. The largest absolute Gasteiger partial charge is 0.478 e. The molecule has 1 unspecified atom stereocenters. The van der Waals surface area contributed by atoms with E-state index in [4.69, 9.17) is 16.3 Å². The van der Waals surface area contributed by atoms with Crippen molar-refractivity contribution in [1.82, 2.24) is 39.1 Å². The fourth-order valence-electron chi connectivity index (χ4n) is 4.12. The van der Waals surface area contributed by atoms with Gasteiger partial charge in [-0.2, -0.15) is 10.2 Å². The molecule has 1 N–H and O–H groups in total. The molecule has 0 aromatic carbocycles. The number of hydrogen-bond donors (Lipinski definition) is 1. The van der Waals surface area contributed by atoms with E-state index in [1.165, 1.54) is 0 Å². The van der Waals surface area contributed by atoms with Gasteiger partial charge in [0.1, 0.15) is 17.5 Å². The Morgan fingerprint density at radius 2 is 2.06 bits per heavy atom. The average molecular weight is 462 g/mol. The van der Waals surface area contributed by atoms with Crippen molar-refractivity contribution >= 4 is 28.9 Å². The molecule has 0 amide bonds. The van der Waals surface area contributed by atoms with Gasteiger partial charge >= 0.3 is 0 Å². The van der Waals surface area contributed by atoms with Crippen molar-refractivity contribution in [3.05, 3.63) is 66.0 Å². The van der Waals surface area contributed by atoms with Crippen molar-refractivity contribution in [3.8, 4) is 17.0 Å². The molecule has 5 aromatic rings. The lowest BCUT2D eigenvalue weighted by Crippen LogP contribution is -2.13. The van der Waals surface area contributed by atoms with Crippen LogP contribution in [0.15, 0.2) is 55.1 Å². The monoisotopic (exact) mass is 461 g/mol. The molecule has 1 atom stereocenters. The molecule has 1 aliphatic rings. The van der Waals surface area contributed by atoms with Crippen molar-refractivity contribution < 1.29 is 4.74 Å². The van der Waals surface area contributed by atoms with E-state index >= 15 is 0 Å². The molecule has 0 spiro atoms. The maximum absolute atomic E-state index is 6.13. The number of aryl methyl sites for hydroxylation is 1. The van der Waals surface area contributed by atoms with Crippen molar-refractivity contribution in [2.24, 2.45) is 7.05 Å². The number of rotatable bonds is 5. The van der Waals surface area contributed by atoms with Gasteiger partial charge in [-0.3, -0.25) is 9.36 Å². The zero-order valence-corrected chi connectivity index (χ0v) is 18.5. The van der Waals surface area contributed by atoms with Crippen molar-refractivity contribution in [3.63, 3.8) is 0 Å². The van der Waals surface area contributed by atoms with E-state index in [-0.39, 0.29) is 5.92 Å². The first-order valence-corrected chi connectivity index (χ1v) is 10.9. The number of hydrogen-bond acceptors (Lipinski definition) is 7. The molecule has 33 heavy (non-hydrogen) atoms. The topological polar surface area (TPSA) is 100.0 Å². The van der Waals surface area contributed by atoms with Crippen LogP contribution in [-0.2, 0) is 13.6 Å². The van der Waals surface area contributed by atoms with Gasteiger partial charge in [-0.1, -0.05) is 11.6 Å². The molecule has 0 bridgehead atoms. The van der Waals surface area contributed by atoms with E-state index in [2.05, 4.69) is 30.7 Å². The summed E-state index contributed by atoms with van der Waals surface area (Å²) in [6.07, 6.45) is 7.77. The third-order valence-electron chi connectivity index (χ3n) is 5.76. The van der Waals surface area contributed by atoms with Crippen LogP contribution in [0.4, 0.5) is 11.6 Å². The second kappa shape index (κ2) is 7.89. The van der Waals surface area contributed by atoms with Crippen LogP contribution in [0.5, 0.6) is 5.88 Å². The van der Waals surface area contributed by atoms with Gasteiger partial charge in [0.25, 0.3) is 0 Å². The van der Waals surface area contributed by atoms with Crippen LogP contribution in [0.3, 0.4) is 0 Å². The fraction of sp³-hybridized carbons (Fsp3) is 0.227. The smallest absolute Gasteiger partial charge is 0.201 e. The molecule has 6 rings (SSSR count). The van der Waals surface area contributed by atoms with Crippen LogP contribution in [0, 0.1) is 0 Å². The molecule has 10 nitrogen and oxygen atoms in total. The number of nitrogens with zero attached hydrogens (tertiary/aromatic N) is 8. The molecule has 11 heteroatoms. The van der Waals surface area contributed by atoms with Crippen LogP contribution in [0.2, 0.25) is 5.02 Å². The predicted molar refractivity (Wildman–Crippen MR) is 123 cm³/mol. The number of ether oxygens (including phenoxy) is 1. The Labute approximate surface area is 193 Å². The lowest BCUT2D eigenvalue weighted by atomic mass is 10.1. The van der Waals surface area contributed by atoms with Gasteiger partial charge in [-0.05, 0) is 35.7 Å². The number of anilines is 2. The molecule has 0 radical (unpaired) electrons. The van der Waals surface area contributed by atoms with Crippen LogP contribution in [0.1, 0.15) is 18.2 Å². The number of nitrogens with one attached hydrogen (secondary N) is 1. The third kappa shape index (κ3) is 3.68. The zero-order valence-electron chi connectivity index (χ0n) is 17.8. The molecule has 0 fully saturated rings. The second-order valence-corrected chi connectivity index (χ2v) is 8.38. The summed E-state index contributed by atoms with van der Waals surface area (Å²) in [5.41, 5.74) is 2.71. The Balaban J connectivity index is 1.35. The Hall–Kier alpha value is -3.92. The lowest BCUT2D eigenvalue weighted by Gasteiger charge is -2.12. The molecule has 166 valence electrons. The first kappa shape index (κ1) is 19.7. The maximum atomic E-state index is 6.13. The number of aromatic nitrogens is 8. The summed E-state index contributed by atoms with van der Waals surface area (Å²) < 4.78 is 11.7. The average Bonchev–Trinajstić information content (AvgIpc) is 3.50. The quantitative estimate of drug-likeness (QED) is 0.426. The fourth-order valence-corrected chi connectivity index (χ4v) is 4.28. The molecular formula is C22H20ClN9O. The summed E-state index contributed by atoms with van der Waals surface area (Å²) in [6.45, 7) is 1.23. The van der Waals surface area contributed by atoms with E-state index in [9.17, 15) is 0 Å². The van der Waals surface area contributed by atoms with Gasteiger partial charge in [0.05, 0.1) is 30.6 Å². The van der Waals surface area contributed by atoms with Gasteiger partial charge in [-0.25, -0.2) is 9.38 Å². The van der Waals surface area contributed by atoms with Crippen molar-refractivity contribution in [2.75, 3.05) is 11.9 Å². The predicted octanol–water partition coefficient (Wildman–Crippen LogP) is 3.68. The van der Waals surface area contributed by atoms with Crippen molar-refractivity contribution in [2.45, 2.75) is 18.9 Å². The summed E-state index contributed by atoms with van der Waals surface area (Å²) in [6, 6.07) is 9.89. The summed E-state index contributed by atoms with van der Waals surface area (Å²) in [7, 11) is 1.88. The van der Waals surface area contributed by atoms with E-state index in [1.807, 2.05) is 52.7 Å². The van der Waals surface area contributed by atoms with E-state index in [0.29, 0.717) is 18.2 Å². The molecule has 0 saturated carbocycles. The SMILES string of the molecule is Cn1nccc1Nc1cc(-c2cc3n4c(nnc4c2)C(Cn2cc(Cl)cn2)CCO3)ccn1. The van der Waals surface area contributed by atoms with Crippen LogP contribution in [-0.4, -0.2) is 45.7 Å². The van der Waals surface area contributed by atoms with Gasteiger partial charge in [0.15, 0.2) is 5.65 Å². The molecule has 5 aromatic heterocycles. The number of halogens is 1. The minimum Gasteiger partial charge on any atom is -0.478 e. The Kier molecular flexibility index (Phi) is 4.72. The van der Waals surface area contributed by atoms with Gasteiger partial charge in [0.2, 0.25) is 5.88 Å². The van der Waals surface area contributed by atoms with E-state index in [0.717, 1.165) is 46.5 Å². The molecule has 1 aliphatic heterocycles. The minimum atomic E-state index is 0.110. The molecule has 0 saturated heterocycles. The van der Waals surface area contributed by atoms with Crippen LogP contribution < -0.4 is 10.1 Å². The normalized spacial score (nSPS) is 15.4. The lowest BCUT2D eigenvalue weighted by molar-refractivity contribution is 0.291. The molecule has 6 heterocycles. The van der Waals surface area contributed by atoms with Crippen LogP contribution >= 0.6 is 11.6 Å². The Bertz CT molecular complexity index is 1450. The summed E-state index contributed by atoms with van der Waals surface area (Å²) in [5.74, 6) is 3.28. The maximum Gasteiger partial charge on any atom is 0.201 e. The van der Waals surface area contributed by atoms with Crippen molar-refractivity contribution in [1.29, 1.82) is 0 Å². The second-order valence-electron chi connectivity index (χ2n) is 7.94. The summed E-state index contributed by atoms with van der Waals surface area (Å²) in [5, 5.41) is 21.3. The van der Waals surface area contributed by atoms with Gasteiger partial charge in [0, 0.05) is 37.5 Å². The van der Waals surface area contributed by atoms with E-state index in [1.54, 1.807) is 23.3 Å². The first-order chi connectivity index (χ1) is 16.1. The van der Waals surface area contributed by atoms with E-state index < -0.39 is 0 Å². The molecular weight excluding hydrogens is 442 g/mol. The highest BCUT2D eigenvalue weighted by Crippen LogP contribution is 2.33. The Morgan fingerprint density at radius 1 is 1.12 bits per heavy atom. The third-order valence-corrected chi connectivity index (χ3v) is 5.95. The highest BCUT2D eigenvalue weighted by molar-refractivity contribution is 6.30. The minimum absolute atomic E-state index is 0.110. The number of pyridine rings is 2. The standard InChI is InChI=1S/C22H20ClN9O/c1-30-19(3-6-25-30)27-18-8-14(2-5-24-18)16-9-20-28-29-22-15(12-31-13-17(23)11-26-31)4-7-33-21(10-16)32(20)22/h2-3,5-6,8-11,13,15H,4,7,12H2,1H3,(H,24,27).